The normalized spacial score (nSPS) is 10.6. The van der Waals surface area contributed by atoms with Crippen molar-refractivity contribution in [2.45, 2.75) is 6.92 Å². The third-order valence-corrected chi connectivity index (χ3v) is 3.99. The molecule has 0 aliphatic carbocycles. The summed E-state index contributed by atoms with van der Waals surface area (Å²) in [5, 5.41) is 3.81. The monoisotopic (exact) mass is 406 g/mol. The molecule has 3 rings (SSSR count). The molecule has 3 aromatic rings. The van der Waals surface area contributed by atoms with Crippen molar-refractivity contribution in [3.05, 3.63) is 95.3 Å². The van der Waals surface area contributed by atoms with Gasteiger partial charge in [-0.2, -0.15) is 5.10 Å². The Labute approximate surface area is 173 Å². The number of amides is 1. The SMILES string of the molecule is CCOc1ccc(C(=O)Oc2ccc(/C=N\NC(=O)c3ccccc3F)cc2)cc1. The molecule has 1 N–H and O–H groups in total. The summed E-state index contributed by atoms with van der Waals surface area (Å²) >= 11 is 0. The summed E-state index contributed by atoms with van der Waals surface area (Å²) in [5.74, 6) is -0.716. The molecule has 0 bridgehead atoms. The number of hydrogen-bond acceptors (Lipinski definition) is 5. The second-order valence-electron chi connectivity index (χ2n) is 6.09. The fourth-order valence-corrected chi connectivity index (χ4v) is 2.51. The zero-order chi connectivity index (χ0) is 21.3. The molecule has 0 aliphatic rings. The zero-order valence-electron chi connectivity index (χ0n) is 16.2. The molecule has 0 saturated carbocycles. The van der Waals surface area contributed by atoms with Crippen LogP contribution in [0.1, 0.15) is 33.2 Å². The third-order valence-electron chi connectivity index (χ3n) is 3.99. The summed E-state index contributed by atoms with van der Waals surface area (Å²) in [5.41, 5.74) is 3.23. The first-order valence-electron chi connectivity index (χ1n) is 9.20. The third kappa shape index (κ3) is 5.51. The summed E-state index contributed by atoms with van der Waals surface area (Å²) in [4.78, 5) is 24.1. The minimum absolute atomic E-state index is 0.0915. The molecule has 152 valence electrons. The highest BCUT2D eigenvalue weighted by Crippen LogP contribution is 2.16. The van der Waals surface area contributed by atoms with Crippen LogP contribution in [0, 0.1) is 5.82 Å². The Bertz CT molecular complexity index is 1050. The van der Waals surface area contributed by atoms with Gasteiger partial charge in [0.15, 0.2) is 0 Å². The van der Waals surface area contributed by atoms with Crippen molar-refractivity contribution >= 4 is 18.1 Å². The van der Waals surface area contributed by atoms with E-state index in [-0.39, 0.29) is 5.56 Å². The highest BCUT2D eigenvalue weighted by Gasteiger charge is 2.10. The fraction of sp³-hybridized carbons (Fsp3) is 0.0870. The van der Waals surface area contributed by atoms with Crippen LogP contribution in [0.25, 0.3) is 0 Å². The number of rotatable bonds is 7. The van der Waals surface area contributed by atoms with E-state index >= 15 is 0 Å². The number of benzene rings is 3. The van der Waals surface area contributed by atoms with Crippen molar-refractivity contribution < 1.29 is 23.5 Å². The Hall–Kier alpha value is -4.00. The molecule has 0 fully saturated rings. The van der Waals surface area contributed by atoms with Crippen molar-refractivity contribution in [1.29, 1.82) is 0 Å². The van der Waals surface area contributed by atoms with Gasteiger partial charge in [-0.1, -0.05) is 12.1 Å². The molecule has 0 aliphatic heterocycles. The summed E-state index contributed by atoms with van der Waals surface area (Å²) in [7, 11) is 0. The number of nitrogens with one attached hydrogen (secondary N) is 1. The van der Waals surface area contributed by atoms with Gasteiger partial charge in [-0.25, -0.2) is 14.6 Å². The number of esters is 1. The minimum atomic E-state index is -0.648. The van der Waals surface area contributed by atoms with E-state index in [0.29, 0.717) is 29.2 Å². The maximum Gasteiger partial charge on any atom is 0.343 e. The van der Waals surface area contributed by atoms with Gasteiger partial charge in [0.2, 0.25) is 0 Å². The molecule has 7 heteroatoms. The van der Waals surface area contributed by atoms with Crippen molar-refractivity contribution in [3.8, 4) is 11.5 Å². The van der Waals surface area contributed by atoms with Gasteiger partial charge in [-0.05, 0) is 73.2 Å². The van der Waals surface area contributed by atoms with Crippen molar-refractivity contribution in [3.63, 3.8) is 0 Å². The smallest absolute Gasteiger partial charge is 0.343 e. The second-order valence-corrected chi connectivity index (χ2v) is 6.09. The van der Waals surface area contributed by atoms with Gasteiger partial charge in [-0.3, -0.25) is 4.79 Å². The van der Waals surface area contributed by atoms with Crippen molar-refractivity contribution in [2.24, 2.45) is 5.10 Å². The standard InChI is InChI=1S/C23H19FN2O4/c1-2-29-18-13-9-17(10-14-18)23(28)30-19-11-7-16(8-12-19)15-25-26-22(27)20-5-3-4-6-21(20)24/h3-15H,2H2,1H3,(H,26,27)/b25-15-. The number of hydrogen-bond donors (Lipinski definition) is 1. The lowest BCUT2D eigenvalue weighted by Gasteiger charge is -2.06. The molecule has 0 spiro atoms. The molecular weight excluding hydrogens is 387 g/mol. The lowest BCUT2D eigenvalue weighted by atomic mass is 10.2. The first-order chi connectivity index (χ1) is 14.6. The van der Waals surface area contributed by atoms with E-state index in [1.54, 1.807) is 54.6 Å². The zero-order valence-corrected chi connectivity index (χ0v) is 16.2. The number of halogens is 1. The van der Waals surface area contributed by atoms with Crippen LogP contribution in [-0.4, -0.2) is 24.7 Å². The fourth-order valence-electron chi connectivity index (χ4n) is 2.51. The lowest BCUT2D eigenvalue weighted by molar-refractivity contribution is 0.0734. The van der Waals surface area contributed by atoms with Crippen molar-refractivity contribution in [1.82, 2.24) is 5.43 Å². The molecule has 0 saturated heterocycles. The lowest BCUT2D eigenvalue weighted by Crippen LogP contribution is -2.18. The Morgan fingerprint density at radius 2 is 1.63 bits per heavy atom. The van der Waals surface area contributed by atoms with E-state index in [4.69, 9.17) is 9.47 Å². The molecule has 0 heterocycles. The highest BCUT2D eigenvalue weighted by atomic mass is 19.1. The van der Waals surface area contributed by atoms with Crippen LogP contribution in [0.15, 0.2) is 77.9 Å². The largest absolute Gasteiger partial charge is 0.494 e. The average molecular weight is 406 g/mol. The Balaban J connectivity index is 1.55. The molecule has 0 radical (unpaired) electrons. The number of ether oxygens (including phenoxy) is 2. The highest BCUT2D eigenvalue weighted by molar-refractivity contribution is 5.95. The van der Waals surface area contributed by atoms with Crippen LogP contribution in [0.5, 0.6) is 11.5 Å². The van der Waals surface area contributed by atoms with Crippen LogP contribution in [0.2, 0.25) is 0 Å². The minimum Gasteiger partial charge on any atom is -0.494 e. The van der Waals surface area contributed by atoms with Crippen LogP contribution < -0.4 is 14.9 Å². The maximum absolute atomic E-state index is 13.6. The van der Waals surface area contributed by atoms with Crippen molar-refractivity contribution in [2.75, 3.05) is 6.61 Å². The molecule has 0 atom stereocenters. The molecule has 0 aromatic heterocycles. The van der Waals surface area contributed by atoms with Crippen LogP contribution >= 0.6 is 0 Å². The first kappa shape index (κ1) is 20.7. The predicted octanol–water partition coefficient (Wildman–Crippen LogP) is 4.21. The second kappa shape index (κ2) is 9.97. The number of carbonyl (C=O) groups is 2. The average Bonchev–Trinajstić information content (AvgIpc) is 2.76. The van der Waals surface area contributed by atoms with Gasteiger partial charge >= 0.3 is 5.97 Å². The Morgan fingerprint density at radius 3 is 2.30 bits per heavy atom. The number of carbonyl (C=O) groups excluding carboxylic acids is 2. The van der Waals surface area contributed by atoms with Gasteiger partial charge in [-0.15, -0.1) is 0 Å². The summed E-state index contributed by atoms with van der Waals surface area (Å²) in [6.07, 6.45) is 1.40. The molecular formula is C23H19FN2O4. The quantitative estimate of drug-likeness (QED) is 0.276. The van der Waals surface area contributed by atoms with E-state index in [1.807, 2.05) is 6.92 Å². The molecule has 6 nitrogen and oxygen atoms in total. The van der Waals surface area contributed by atoms with Crippen LogP contribution in [0.4, 0.5) is 4.39 Å². The van der Waals surface area contributed by atoms with Crippen LogP contribution in [0.3, 0.4) is 0 Å². The topological polar surface area (TPSA) is 77.0 Å². The Kier molecular flexibility index (Phi) is 6.89. The van der Waals surface area contributed by atoms with Gasteiger partial charge < -0.3 is 9.47 Å². The molecule has 3 aromatic carbocycles. The van der Waals surface area contributed by atoms with Gasteiger partial charge in [0, 0.05) is 0 Å². The van der Waals surface area contributed by atoms with E-state index in [1.165, 1.54) is 24.4 Å². The van der Waals surface area contributed by atoms with E-state index in [9.17, 15) is 14.0 Å². The van der Waals surface area contributed by atoms with Gasteiger partial charge in [0.05, 0.1) is 23.9 Å². The maximum atomic E-state index is 13.6. The van der Waals surface area contributed by atoms with E-state index in [0.717, 1.165) is 0 Å². The predicted molar refractivity (Wildman–Crippen MR) is 110 cm³/mol. The van der Waals surface area contributed by atoms with E-state index < -0.39 is 17.7 Å². The Morgan fingerprint density at radius 1 is 0.967 bits per heavy atom. The summed E-state index contributed by atoms with van der Waals surface area (Å²) < 4.78 is 24.2. The van der Waals surface area contributed by atoms with E-state index in [2.05, 4.69) is 10.5 Å². The van der Waals surface area contributed by atoms with Gasteiger partial charge in [0.1, 0.15) is 17.3 Å². The van der Waals surface area contributed by atoms with Crippen LogP contribution in [-0.2, 0) is 0 Å². The molecule has 1 amide bonds. The first-order valence-corrected chi connectivity index (χ1v) is 9.20. The number of hydrazone groups is 1. The molecule has 0 unspecified atom stereocenters. The van der Waals surface area contributed by atoms with Gasteiger partial charge in [0.25, 0.3) is 5.91 Å². The summed E-state index contributed by atoms with van der Waals surface area (Å²) in [6, 6.07) is 18.8. The molecule has 30 heavy (non-hydrogen) atoms. The number of nitrogens with zero attached hydrogens (tertiary/aromatic N) is 1. The summed E-state index contributed by atoms with van der Waals surface area (Å²) in [6.45, 7) is 2.43.